The average Bonchev–Trinajstić information content (AvgIpc) is 2.36. The molecule has 1 unspecified atom stereocenters. The average molecular weight is 298 g/mol. The highest BCUT2D eigenvalue weighted by molar-refractivity contribution is 6.31. The predicted molar refractivity (Wildman–Crippen MR) is 78.0 cm³/mol. The Balaban J connectivity index is 2.34. The van der Waals surface area contributed by atoms with Crippen LogP contribution >= 0.6 is 11.6 Å². The second-order valence-corrected chi connectivity index (χ2v) is 6.30. The van der Waals surface area contributed by atoms with Crippen molar-refractivity contribution >= 4 is 17.7 Å². The molecule has 1 aliphatic heterocycles. The Morgan fingerprint density at radius 1 is 1.45 bits per heavy atom. The molecule has 20 heavy (non-hydrogen) atoms. The molecule has 0 aliphatic carbocycles. The minimum atomic E-state index is -0.995. The van der Waals surface area contributed by atoms with Crippen LogP contribution in [0.15, 0.2) is 24.3 Å². The molecule has 1 saturated heterocycles. The topological polar surface area (TPSA) is 60.8 Å². The minimum Gasteiger partial charge on any atom is -0.465 e. The minimum absolute atomic E-state index is 0.462. The molecule has 0 spiro atoms. The molecule has 0 aromatic heterocycles. The van der Waals surface area contributed by atoms with Gasteiger partial charge in [-0.3, -0.25) is 4.90 Å². The third kappa shape index (κ3) is 2.76. The Morgan fingerprint density at radius 3 is 2.70 bits per heavy atom. The number of likely N-dealkylation sites (tertiary alicyclic amines) is 1. The Morgan fingerprint density at radius 2 is 2.10 bits per heavy atom. The maximum absolute atomic E-state index is 11.6. The molecule has 1 aromatic rings. The molecule has 1 aliphatic rings. The summed E-state index contributed by atoms with van der Waals surface area (Å²) in [6.07, 6.45) is 0.432. The SMILES string of the molecule is CC1(C)CCCC([C@@H](O)c2ccccc2Cl)N1C(=O)O. The Labute approximate surface area is 124 Å². The maximum Gasteiger partial charge on any atom is 0.408 e. The molecule has 0 saturated carbocycles. The van der Waals surface area contributed by atoms with E-state index in [2.05, 4.69) is 0 Å². The first kappa shape index (κ1) is 15.1. The molecule has 1 amide bonds. The largest absolute Gasteiger partial charge is 0.465 e. The van der Waals surface area contributed by atoms with Gasteiger partial charge in [-0.25, -0.2) is 4.79 Å². The highest BCUT2D eigenvalue weighted by Gasteiger charge is 2.43. The molecule has 4 nitrogen and oxygen atoms in total. The lowest BCUT2D eigenvalue weighted by molar-refractivity contribution is -0.0271. The molecular formula is C15H20ClNO3. The van der Waals surface area contributed by atoms with Crippen molar-refractivity contribution in [1.82, 2.24) is 4.90 Å². The summed E-state index contributed by atoms with van der Waals surface area (Å²) in [5.74, 6) is 0. The number of hydrogen-bond donors (Lipinski definition) is 2. The normalized spacial score (nSPS) is 23.4. The fraction of sp³-hybridized carbons (Fsp3) is 0.533. The molecule has 1 aromatic carbocycles. The summed E-state index contributed by atoms with van der Waals surface area (Å²) in [7, 11) is 0. The van der Waals surface area contributed by atoms with Gasteiger partial charge in [0.05, 0.1) is 6.04 Å². The Kier molecular flexibility index (Phi) is 4.25. The molecule has 2 N–H and O–H groups in total. The number of aliphatic hydroxyl groups is 1. The summed E-state index contributed by atoms with van der Waals surface area (Å²) in [5.41, 5.74) is 0.111. The summed E-state index contributed by atoms with van der Waals surface area (Å²) < 4.78 is 0. The van der Waals surface area contributed by atoms with Gasteiger partial charge in [0.2, 0.25) is 0 Å². The third-order valence-electron chi connectivity index (χ3n) is 4.07. The zero-order valence-electron chi connectivity index (χ0n) is 11.7. The van der Waals surface area contributed by atoms with Crippen LogP contribution in [-0.2, 0) is 0 Å². The van der Waals surface area contributed by atoms with Crippen LogP contribution in [-0.4, -0.2) is 32.8 Å². The smallest absolute Gasteiger partial charge is 0.408 e. The van der Waals surface area contributed by atoms with Gasteiger partial charge in [0.15, 0.2) is 0 Å². The molecule has 1 heterocycles. The van der Waals surface area contributed by atoms with E-state index in [-0.39, 0.29) is 0 Å². The van der Waals surface area contributed by atoms with Crippen LogP contribution in [0.1, 0.15) is 44.8 Å². The summed E-state index contributed by atoms with van der Waals surface area (Å²) in [6.45, 7) is 3.79. The van der Waals surface area contributed by atoms with Crippen LogP contribution in [0.4, 0.5) is 4.79 Å². The van der Waals surface area contributed by atoms with Gasteiger partial charge in [0, 0.05) is 16.1 Å². The monoisotopic (exact) mass is 297 g/mol. The number of halogens is 1. The summed E-state index contributed by atoms with van der Waals surface area (Å²) in [6, 6.07) is 6.58. The van der Waals surface area contributed by atoms with Gasteiger partial charge in [0.1, 0.15) is 6.10 Å². The van der Waals surface area contributed by atoms with Crippen LogP contribution in [0.5, 0.6) is 0 Å². The summed E-state index contributed by atoms with van der Waals surface area (Å²) >= 11 is 6.11. The first-order valence-electron chi connectivity index (χ1n) is 6.79. The van der Waals surface area contributed by atoms with E-state index in [1.54, 1.807) is 24.3 Å². The molecular weight excluding hydrogens is 278 g/mol. The van der Waals surface area contributed by atoms with Crippen molar-refractivity contribution in [2.24, 2.45) is 0 Å². The van der Waals surface area contributed by atoms with Crippen LogP contribution in [0, 0.1) is 0 Å². The van der Waals surface area contributed by atoms with Gasteiger partial charge >= 0.3 is 6.09 Å². The number of carboxylic acid groups (broad SMARTS) is 1. The van der Waals surface area contributed by atoms with Crippen molar-refractivity contribution < 1.29 is 15.0 Å². The number of amides is 1. The number of benzene rings is 1. The van der Waals surface area contributed by atoms with E-state index in [9.17, 15) is 15.0 Å². The second-order valence-electron chi connectivity index (χ2n) is 5.89. The van der Waals surface area contributed by atoms with Gasteiger partial charge in [-0.2, -0.15) is 0 Å². The maximum atomic E-state index is 11.6. The molecule has 5 heteroatoms. The molecule has 1 fully saturated rings. The Hall–Kier alpha value is -1.26. The van der Waals surface area contributed by atoms with Crippen molar-refractivity contribution in [3.05, 3.63) is 34.9 Å². The fourth-order valence-electron chi connectivity index (χ4n) is 3.06. The number of hydrogen-bond acceptors (Lipinski definition) is 2. The lowest BCUT2D eigenvalue weighted by Crippen LogP contribution is -2.57. The number of piperidine rings is 1. The highest BCUT2D eigenvalue weighted by Crippen LogP contribution is 2.38. The third-order valence-corrected chi connectivity index (χ3v) is 4.41. The van der Waals surface area contributed by atoms with E-state index in [1.165, 1.54) is 4.90 Å². The van der Waals surface area contributed by atoms with Crippen molar-refractivity contribution in [3.8, 4) is 0 Å². The predicted octanol–water partition coefficient (Wildman–Crippen LogP) is 3.68. The lowest BCUT2D eigenvalue weighted by Gasteiger charge is -2.47. The molecule has 0 radical (unpaired) electrons. The first-order chi connectivity index (χ1) is 9.34. The molecule has 110 valence electrons. The zero-order chi connectivity index (χ0) is 14.9. The van der Waals surface area contributed by atoms with Crippen LogP contribution < -0.4 is 0 Å². The van der Waals surface area contributed by atoms with Gasteiger partial charge in [-0.15, -0.1) is 0 Å². The van der Waals surface area contributed by atoms with E-state index in [0.29, 0.717) is 17.0 Å². The number of nitrogens with zero attached hydrogens (tertiary/aromatic N) is 1. The quantitative estimate of drug-likeness (QED) is 0.875. The van der Waals surface area contributed by atoms with E-state index in [1.807, 2.05) is 13.8 Å². The first-order valence-corrected chi connectivity index (χ1v) is 7.17. The Bertz CT molecular complexity index is 504. The molecule has 2 atom stereocenters. The van der Waals surface area contributed by atoms with Crippen molar-refractivity contribution in [3.63, 3.8) is 0 Å². The van der Waals surface area contributed by atoms with Crippen molar-refractivity contribution in [2.45, 2.75) is 50.8 Å². The summed E-state index contributed by atoms with van der Waals surface area (Å²) in [5, 5.41) is 20.5. The van der Waals surface area contributed by atoms with Crippen molar-refractivity contribution in [2.75, 3.05) is 0 Å². The van der Waals surface area contributed by atoms with Crippen LogP contribution in [0.3, 0.4) is 0 Å². The second kappa shape index (κ2) is 5.62. The number of carbonyl (C=O) groups is 1. The van der Waals surface area contributed by atoms with E-state index < -0.39 is 23.8 Å². The van der Waals surface area contributed by atoms with Gasteiger partial charge < -0.3 is 10.2 Å². The number of aliphatic hydroxyl groups excluding tert-OH is 1. The van der Waals surface area contributed by atoms with E-state index >= 15 is 0 Å². The summed E-state index contributed by atoms with van der Waals surface area (Å²) in [4.78, 5) is 13.0. The standard InChI is InChI=1S/C15H20ClNO3/c1-15(2)9-5-8-12(17(15)14(19)20)13(18)10-6-3-4-7-11(10)16/h3-4,6-7,12-13,18H,5,8-9H2,1-2H3,(H,19,20)/t12?,13-/m0/s1. The van der Waals surface area contributed by atoms with Gasteiger partial charge in [-0.05, 0) is 39.2 Å². The lowest BCUT2D eigenvalue weighted by atomic mass is 9.83. The van der Waals surface area contributed by atoms with E-state index in [0.717, 1.165) is 12.8 Å². The van der Waals surface area contributed by atoms with Crippen molar-refractivity contribution in [1.29, 1.82) is 0 Å². The zero-order valence-corrected chi connectivity index (χ0v) is 12.5. The van der Waals surface area contributed by atoms with E-state index in [4.69, 9.17) is 11.6 Å². The molecule has 2 rings (SSSR count). The van der Waals surface area contributed by atoms with Gasteiger partial charge in [-0.1, -0.05) is 29.8 Å². The number of rotatable bonds is 2. The molecule has 0 bridgehead atoms. The fourth-order valence-corrected chi connectivity index (χ4v) is 3.31. The van der Waals surface area contributed by atoms with Crippen LogP contribution in [0.25, 0.3) is 0 Å². The highest BCUT2D eigenvalue weighted by atomic mass is 35.5. The van der Waals surface area contributed by atoms with Gasteiger partial charge in [0.25, 0.3) is 0 Å². The van der Waals surface area contributed by atoms with Crippen LogP contribution in [0.2, 0.25) is 5.02 Å².